The highest BCUT2D eigenvalue weighted by molar-refractivity contribution is 6.04. The van der Waals surface area contributed by atoms with Crippen molar-refractivity contribution >= 4 is 17.9 Å². The maximum absolute atomic E-state index is 11.9. The summed E-state index contributed by atoms with van der Waals surface area (Å²) in [6, 6.07) is 16.5. The van der Waals surface area contributed by atoms with Crippen LogP contribution in [0, 0.1) is 0 Å². The van der Waals surface area contributed by atoms with E-state index in [0.717, 1.165) is 24.0 Å². The predicted octanol–water partition coefficient (Wildman–Crippen LogP) is 5.11. The van der Waals surface area contributed by atoms with Crippen LogP contribution in [-0.2, 0) is 17.6 Å². The molecule has 0 radical (unpaired) electrons. The lowest BCUT2D eigenvalue weighted by Gasteiger charge is -1.97. The van der Waals surface area contributed by atoms with E-state index in [1.807, 2.05) is 36.4 Å². The number of hydrogen-bond acceptors (Lipinski definition) is 1. The van der Waals surface area contributed by atoms with Crippen LogP contribution in [0.1, 0.15) is 36.1 Å². The molecule has 0 saturated heterocycles. The summed E-state index contributed by atoms with van der Waals surface area (Å²) in [6.45, 7) is 4.26. The minimum atomic E-state index is -0.000800. The fraction of sp³-hybridized carbons (Fsp3) is 0.190. The molecular formula is C21H22O. The van der Waals surface area contributed by atoms with Gasteiger partial charge in [0.1, 0.15) is 0 Å². The number of hydrogen-bond donors (Lipinski definition) is 0. The first-order valence-corrected chi connectivity index (χ1v) is 7.79. The minimum Gasteiger partial charge on any atom is -0.290 e. The summed E-state index contributed by atoms with van der Waals surface area (Å²) < 4.78 is 0. The molecule has 0 saturated carbocycles. The van der Waals surface area contributed by atoms with Crippen molar-refractivity contribution in [1.29, 1.82) is 0 Å². The molecule has 2 aromatic rings. The van der Waals surface area contributed by atoms with Gasteiger partial charge in [-0.2, -0.15) is 0 Å². The third-order valence-electron chi connectivity index (χ3n) is 3.66. The van der Waals surface area contributed by atoms with Crippen molar-refractivity contribution in [3.63, 3.8) is 0 Å². The Morgan fingerprint density at radius 3 is 1.41 bits per heavy atom. The van der Waals surface area contributed by atoms with Crippen molar-refractivity contribution < 1.29 is 4.79 Å². The summed E-state index contributed by atoms with van der Waals surface area (Å²) in [4.78, 5) is 11.9. The zero-order valence-corrected chi connectivity index (χ0v) is 13.3. The number of carbonyl (C=O) groups excluding carboxylic acids is 1. The first kappa shape index (κ1) is 16.0. The van der Waals surface area contributed by atoms with Gasteiger partial charge in [-0.15, -0.1) is 0 Å². The molecule has 2 rings (SSSR count). The molecule has 0 unspecified atom stereocenters. The van der Waals surface area contributed by atoms with Crippen LogP contribution in [0.5, 0.6) is 0 Å². The first-order chi connectivity index (χ1) is 10.7. The monoisotopic (exact) mass is 290 g/mol. The van der Waals surface area contributed by atoms with E-state index in [4.69, 9.17) is 0 Å². The van der Waals surface area contributed by atoms with Crippen LogP contribution in [0.15, 0.2) is 60.7 Å². The average molecular weight is 290 g/mol. The molecule has 0 aliphatic heterocycles. The summed E-state index contributed by atoms with van der Waals surface area (Å²) in [5.74, 6) is -0.000800. The van der Waals surface area contributed by atoms with Gasteiger partial charge in [0.25, 0.3) is 0 Å². The number of rotatable bonds is 6. The number of aryl methyl sites for hydroxylation is 2. The van der Waals surface area contributed by atoms with Gasteiger partial charge in [-0.3, -0.25) is 4.79 Å². The van der Waals surface area contributed by atoms with Crippen molar-refractivity contribution in [2.45, 2.75) is 26.7 Å². The summed E-state index contributed by atoms with van der Waals surface area (Å²) in [6.07, 6.45) is 8.99. The molecule has 0 spiro atoms. The van der Waals surface area contributed by atoms with Crippen molar-refractivity contribution in [2.75, 3.05) is 0 Å². The maximum atomic E-state index is 11.9. The van der Waals surface area contributed by atoms with E-state index in [0.29, 0.717) is 0 Å². The summed E-state index contributed by atoms with van der Waals surface area (Å²) in [5, 5.41) is 0. The van der Waals surface area contributed by atoms with E-state index >= 15 is 0 Å². The van der Waals surface area contributed by atoms with Gasteiger partial charge in [-0.1, -0.05) is 74.5 Å². The third kappa shape index (κ3) is 4.85. The van der Waals surface area contributed by atoms with Gasteiger partial charge in [0.05, 0.1) is 0 Å². The van der Waals surface area contributed by atoms with Gasteiger partial charge in [0.2, 0.25) is 0 Å². The highest BCUT2D eigenvalue weighted by Gasteiger charge is 1.93. The van der Waals surface area contributed by atoms with Crippen LogP contribution >= 0.6 is 0 Å². The smallest absolute Gasteiger partial charge is 0.178 e. The van der Waals surface area contributed by atoms with Crippen molar-refractivity contribution in [3.05, 3.63) is 82.9 Å². The van der Waals surface area contributed by atoms with E-state index in [2.05, 4.69) is 38.1 Å². The molecule has 2 aromatic carbocycles. The highest BCUT2D eigenvalue weighted by atomic mass is 16.1. The van der Waals surface area contributed by atoms with Crippen LogP contribution in [0.4, 0.5) is 0 Å². The van der Waals surface area contributed by atoms with Crippen LogP contribution in [0.3, 0.4) is 0 Å². The van der Waals surface area contributed by atoms with Gasteiger partial charge < -0.3 is 0 Å². The number of allylic oxidation sites excluding steroid dienone is 2. The second-order valence-electron chi connectivity index (χ2n) is 5.26. The van der Waals surface area contributed by atoms with E-state index in [9.17, 15) is 4.79 Å². The lowest BCUT2D eigenvalue weighted by molar-refractivity contribution is -0.110. The molecule has 0 aliphatic carbocycles. The largest absolute Gasteiger partial charge is 0.290 e. The highest BCUT2D eigenvalue weighted by Crippen LogP contribution is 2.08. The maximum Gasteiger partial charge on any atom is 0.178 e. The molecule has 0 bridgehead atoms. The molecule has 0 heterocycles. The van der Waals surface area contributed by atoms with Gasteiger partial charge >= 0.3 is 0 Å². The second-order valence-corrected chi connectivity index (χ2v) is 5.26. The van der Waals surface area contributed by atoms with Crippen LogP contribution in [-0.4, -0.2) is 5.78 Å². The summed E-state index contributed by atoms with van der Waals surface area (Å²) >= 11 is 0. The molecule has 0 amide bonds. The van der Waals surface area contributed by atoms with Gasteiger partial charge in [0.15, 0.2) is 5.78 Å². The van der Waals surface area contributed by atoms with Crippen molar-refractivity contribution in [2.24, 2.45) is 0 Å². The Morgan fingerprint density at radius 1 is 0.727 bits per heavy atom. The Kier molecular flexibility index (Phi) is 5.91. The SMILES string of the molecule is CCc1ccc(C=CC(=O)C=Cc2ccc(CC)cc2)cc1. The van der Waals surface area contributed by atoms with E-state index in [-0.39, 0.29) is 5.78 Å². The van der Waals surface area contributed by atoms with Crippen molar-refractivity contribution in [3.8, 4) is 0 Å². The van der Waals surface area contributed by atoms with Gasteiger partial charge in [-0.05, 0) is 47.2 Å². The van der Waals surface area contributed by atoms with Gasteiger partial charge in [-0.25, -0.2) is 0 Å². The molecule has 22 heavy (non-hydrogen) atoms. The minimum absolute atomic E-state index is 0.000800. The summed E-state index contributed by atoms with van der Waals surface area (Å²) in [7, 11) is 0. The molecule has 0 atom stereocenters. The summed E-state index contributed by atoms with van der Waals surface area (Å²) in [5.41, 5.74) is 4.70. The molecule has 112 valence electrons. The molecule has 0 aliphatic rings. The molecule has 1 nitrogen and oxygen atoms in total. The Morgan fingerprint density at radius 2 is 1.09 bits per heavy atom. The third-order valence-corrected chi connectivity index (χ3v) is 3.66. The zero-order valence-electron chi connectivity index (χ0n) is 13.3. The zero-order chi connectivity index (χ0) is 15.8. The van der Waals surface area contributed by atoms with Crippen LogP contribution in [0.2, 0.25) is 0 Å². The lowest BCUT2D eigenvalue weighted by Crippen LogP contribution is -1.86. The number of ketones is 1. The van der Waals surface area contributed by atoms with E-state index in [1.54, 1.807) is 12.2 Å². The Balaban J connectivity index is 1.95. The van der Waals surface area contributed by atoms with E-state index < -0.39 is 0 Å². The normalized spacial score (nSPS) is 11.4. The average Bonchev–Trinajstić information content (AvgIpc) is 2.59. The quantitative estimate of drug-likeness (QED) is 0.676. The van der Waals surface area contributed by atoms with Crippen LogP contribution < -0.4 is 0 Å². The molecule has 0 aromatic heterocycles. The lowest BCUT2D eigenvalue weighted by atomic mass is 10.1. The van der Waals surface area contributed by atoms with Crippen molar-refractivity contribution in [1.82, 2.24) is 0 Å². The fourth-order valence-electron chi connectivity index (χ4n) is 2.14. The fourth-order valence-corrected chi connectivity index (χ4v) is 2.14. The standard InChI is InChI=1S/C21H22O/c1-3-17-5-9-19(10-6-17)13-15-21(22)16-14-20-11-7-18(4-2)8-12-20/h5-16H,3-4H2,1-2H3. The Labute approximate surface area is 133 Å². The molecule has 1 heteroatoms. The second kappa shape index (κ2) is 8.14. The van der Waals surface area contributed by atoms with E-state index in [1.165, 1.54) is 11.1 Å². The molecule has 0 fully saturated rings. The predicted molar refractivity (Wildman–Crippen MR) is 94.7 cm³/mol. The Hall–Kier alpha value is -2.41. The van der Waals surface area contributed by atoms with Gasteiger partial charge in [0, 0.05) is 0 Å². The Bertz CT molecular complexity index is 599. The topological polar surface area (TPSA) is 17.1 Å². The number of benzene rings is 2. The number of carbonyl (C=O) groups is 1. The van der Waals surface area contributed by atoms with Crippen LogP contribution in [0.25, 0.3) is 12.2 Å². The first-order valence-electron chi connectivity index (χ1n) is 7.79. The molecular weight excluding hydrogens is 268 g/mol. The molecule has 0 N–H and O–H groups in total.